The predicted octanol–water partition coefficient (Wildman–Crippen LogP) is 3.51. The second-order valence-electron chi connectivity index (χ2n) is 10.3. The first-order valence-corrected chi connectivity index (χ1v) is 13.1. The lowest BCUT2D eigenvalue weighted by Crippen LogP contribution is -2.58. The maximum Gasteiger partial charge on any atom is 0.312 e. The van der Waals surface area contributed by atoms with E-state index >= 15 is 0 Å². The Labute approximate surface area is 222 Å². The third-order valence-electron chi connectivity index (χ3n) is 7.96. The molecule has 3 heterocycles. The molecule has 1 spiro atoms. The van der Waals surface area contributed by atoms with E-state index in [1.54, 1.807) is 43.3 Å². The summed E-state index contributed by atoms with van der Waals surface area (Å²) in [4.78, 5) is 44.6. The molecule has 3 aliphatic rings. The highest BCUT2D eigenvalue weighted by atomic mass is 35.5. The highest BCUT2D eigenvalue weighted by molar-refractivity contribution is 6.34. The van der Waals surface area contributed by atoms with Crippen LogP contribution in [0.5, 0.6) is 0 Å². The van der Waals surface area contributed by atoms with Crippen LogP contribution >= 0.6 is 11.6 Å². The lowest BCUT2D eigenvalue weighted by molar-refractivity contribution is -0.160. The van der Waals surface area contributed by atoms with Crippen LogP contribution in [0.2, 0.25) is 5.02 Å². The first-order valence-electron chi connectivity index (χ1n) is 12.7. The van der Waals surface area contributed by atoms with Crippen LogP contribution < -0.4 is 4.90 Å². The first kappa shape index (κ1) is 27.4. The summed E-state index contributed by atoms with van der Waals surface area (Å²) in [5, 5.41) is 10.4. The average molecular weight is 531 g/mol. The number of para-hydroxylation sites is 1. The number of unbranched alkanes of at least 4 members (excludes halogenated alkanes) is 1. The number of nitrogens with zero attached hydrogens (tertiary/aromatic N) is 2. The standard InChI is InChI=1S/C28H35ClN2O6/c1-5-7-10-16-36-26(35)22-21-24(33)31(18(3)17-32)23(28(21)14-13-27(22,4)37-28)25(34)30(15-6-2)20-12-9-8-11-19(20)29/h5-6,8-9,11-12,18,21-23,32H,1-2,7,10,13-17H2,3-4H3/t18-,21+,22+,23?,27-,28?/m1/s1. The minimum atomic E-state index is -1.22. The van der Waals surface area contributed by atoms with Crippen LogP contribution in [0.3, 0.4) is 0 Å². The quantitative estimate of drug-likeness (QED) is 0.267. The summed E-state index contributed by atoms with van der Waals surface area (Å²) < 4.78 is 12.2. The minimum absolute atomic E-state index is 0.154. The van der Waals surface area contributed by atoms with Crippen molar-refractivity contribution in [2.45, 2.75) is 62.8 Å². The molecule has 6 atom stereocenters. The van der Waals surface area contributed by atoms with Gasteiger partial charge in [-0.05, 0) is 51.7 Å². The normalized spacial score (nSPS) is 30.6. The summed E-state index contributed by atoms with van der Waals surface area (Å²) >= 11 is 6.46. The SMILES string of the molecule is C=CCCCOC(=O)[C@@H]1[C@H]2C(=O)N([C@H](C)CO)C(C(=O)N(CC=C)c3ccccc3Cl)C23CC[C@@]1(C)O3. The summed E-state index contributed by atoms with van der Waals surface area (Å²) in [5.41, 5.74) is -1.68. The number of esters is 1. The number of allylic oxidation sites excluding steroid dienone is 1. The smallest absolute Gasteiger partial charge is 0.312 e. The van der Waals surface area contributed by atoms with Crippen molar-refractivity contribution in [1.29, 1.82) is 0 Å². The summed E-state index contributed by atoms with van der Waals surface area (Å²) in [6.45, 7) is 11.0. The highest BCUT2D eigenvalue weighted by Crippen LogP contribution is 2.63. The molecule has 37 heavy (non-hydrogen) atoms. The molecule has 3 saturated heterocycles. The molecule has 2 bridgehead atoms. The molecular weight excluding hydrogens is 496 g/mol. The van der Waals surface area contributed by atoms with Crippen LogP contribution in [0.1, 0.15) is 39.5 Å². The van der Waals surface area contributed by atoms with Gasteiger partial charge in [-0.2, -0.15) is 0 Å². The van der Waals surface area contributed by atoms with E-state index in [-0.39, 0.29) is 25.7 Å². The molecule has 200 valence electrons. The predicted molar refractivity (Wildman–Crippen MR) is 140 cm³/mol. The van der Waals surface area contributed by atoms with E-state index in [1.165, 1.54) is 9.80 Å². The van der Waals surface area contributed by atoms with Crippen LogP contribution in [0.4, 0.5) is 5.69 Å². The molecule has 0 radical (unpaired) electrons. The van der Waals surface area contributed by atoms with E-state index in [4.69, 9.17) is 21.1 Å². The third-order valence-corrected chi connectivity index (χ3v) is 8.28. The molecule has 9 heteroatoms. The van der Waals surface area contributed by atoms with Crippen molar-refractivity contribution in [2.75, 3.05) is 24.7 Å². The van der Waals surface area contributed by atoms with Crippen molar-refractivity contribution in [3.8, 4) is 0 Å². The van der Waals surface area contributed by atoms with Gasteiger partial charge in [-0.15, -0.1) is 13.2 Å². The molecule has 2 unspecified atom stereocenters. The molecule has 1 aromatic carbocycles. The number of carbonyl (C=O) groups excluding carboxylic acids is 3. The van der Waals surface area contributed by atoms with Gasteiger partial charge in [0.05, 0.1) is 41.5 Å². The van der Waals surface area contributed by atoms with Gasteiger partial charge in [0.15, 0.2) is 0 Å². The highest BCUT2D eigenvalue weighted by Gasteiger charge is 2.79. The second kappa shape index (κ2) is 10.6. The largest absolute Gasteiger partial charge is 0.465 e. The van der Waals surface area contributed by atoms with Gasteiger partial charge in [-0.3, -0.25) is 14.4 Å². The average Bonchev–Trinajstić information content (AvgIpc) is 3.45. The fraction of sp³-hybridized carbons (Fsp3) is 0.536. The van der Waals surface area contributed by atoms with E-state index in [9.17, 15) is 19.5 Å². The Morgan fingerprint density at radius 1 is 1.32 bits per heavy atom. The zero-order chi connectivity index (χ0) is 27.0. The fourth-order valence-electron chi connectivity index (χ4n) is 6.31. The number of amides is 2. The third kappa shape index (κ3) is 4.39. The Bertz CT molecular complexity index is 1090. The van der Waals surface area contributed by atoms with Crippen molar-refractivity contribution in [1.82, 2.24) is 4.90 Å². The van der Waals surface area contributed by atoms with Gasteiger partial charge in [-0.25, -0.2) is 0 Å². The lowest BCUT2D eigenvalue weighted by Gasteiger charge is -2.38. The molecule has 1 N–H and O–H groups in total. The Morgan fingerprint density at radius 3 is 2.70 bits per heavy atom. The number of hydrogen-bond acceptors (Lipinski definition) is 6. The zero-order valence-electron chi connectivity index (χ0n) is 21.4. The minimum Gasteiger partial charge on any atom is -0.465 e. The number of carbonyl (C=O) groups is 3. The van der Waals surface area contributed by atoms with E-state index < -0.39 is 47.0 Å². The Kier molecular flexibility index (Phi) is 7.83. The topological polar surface area (TPSA) is 96.4 Å². The van der Waals surface area contributed by atoms with Gasteiger partial charge >= 0.3 is 5.97 Å². The number of rotatable bonds is 11. The van der Waals surface area contributed by atoms with Gasteiger partial charge in [0.25, 0.3) is 5.91 Å². The number of fused-ring (bicyclic) bond motifs is 1. The van der Waals surface area contributed by atoms with E-state index in [0.717, 1.165) is 0 Å². The van der Waals surface area contributed by atoms with Gasteiger partial charge < -0.3 is 24.4 Å². The summed E-state index contributed by atoms with van der Waals surface area (Å²) in [7, 11) is 0. The van der Waals surface area contributed by atoms with Crippen LogP contribution in [0.25, 0.3) is 0 Å². The molecule has 0 saturated carbocycles. The summed E-state index contributed by atoms with van der Waals surface area (Å²) in [6.07, 6.45) is 5.61. The van der Waals surface area contributed by atoms with Crippen LogP contribution in [-0.2, 0) is 23.9 Å². The number of likely N-dealkylation sites (tertiary alicyclic amines) is 1. The number of aliphatic hydroxyl groups excluding tert-OH is 1. The summed E-state index contributed by atoms with van der Waals surface area (Å²) in [5.74, 6) is -3.01. The van der Waals surface area contributed by atoms with Gasteiger partial charge in [0, 0.05) is 6.54 Å². The molecule has 2 amide bonds. The molecule has 4 rings (SSSR count). The Morgan fingerprint density at radius 2 is 2.05 bits per heavy atom. The van der Waals surface area contributed by atoms with Crippen LogP contribution in [-0.4, -0.2) is 70.8 Å². The number of ether oxygens (including phenoxy) is 2. The number of halogens is 1. The maximum absolute atomic E-state index is 14.4. The second-order valence-corrected chi connectivity index (χ2v) is 10.7. The van der Waals surface area contributed by atoms with Crippen molar-refractivity contribution in [3.05, 3.63) is 54.6 Å². The van der Waals surface area contributed by atoms with Crippen molar-refractivity contribution in [3.63, 3.8) is 0 Å². The zero-order valence-corrected chi connectivity index (χ0v) is 22.2. The Hall–Kier alpha value is -2.68. The fourth-order valence-corrected chi connectivity index (χ4v) is 6.55. The van der Waals surface area contributed by atoms with Gasteiger partial charge in [-0.1, -0.05) is 35.9 Å². The molecule has 3 fully saturated rings. The molecule has 1 aromatic rings. The molecular formula is C28H35ClN2O6. The summed E-state index contributed by atoms with van der Waals surface area (Å²) in [6, 6.07) is 5.24. The van der Waals surface area contributed by atoms with E-state index in [2.05, 4.69) is 13.2 Å². The van der Waals surface area contributed by atoms with E-state index in [1.807, 2.05) is 6.92 Å². The molecule has 0 aromatic heterocycles. The lowest BCUT2D eigenvalue weighted by atomic mass is 9.66. The van der Waals surface area contributed by atoms with Crippen LogP contribution in [0.15, 0.2) is 49.6 Å². The Balaban J connectivity index is 1.76. The molecule has 8 nitrogen and oxygen atoms in total. The number of hydrogen-bond donors (Lipinski definition) is 1. The van der Waals surface area contributed by atoms with E-state index in [0.29, 0.717) is 36.4 Å². The maximum atomic E-state index is 14.4. The van der Waals surface area contributed by atoms with Crippen molar-refractivity contribution < 1.29 is 29.0 Å². The molecule has 3 aliphatic heterocycles. The van der Waals surface area contributed by atoms with Crippen molar-refractivity contribution >= 4 is 35.1 Å². The van der Waals surface area contributed by atoms with Gasteiger partial charge in [0.2, 0.25) is 5.91 Å². The van der Waals surface area contributed by atoms with Gasteiger partial charge in [0.1, 0.15) is 17.6 Å². The monoisotopic (exact) mass is 530 g/mol. The first-order chi connectivity index (χ1) is 17.7. The van der Waals surface area contributed by atoms with Crippen LogP contribution in [0, 0.1) is 11.8 Å². The molecule has 0 aliphatic carbocycles. The number of anilines is 1. The number of benzene rings is 1. The number of aliphatic hydroxyl groups is 1. The van der Waals surface area contributed by atoms with Crippen molar-refractivity contribution in [2.24, 2.45) is 11.8 Å².